The number of nitrogens with one attached hydrogen (secondary N) is 1. The molecular weight excluding hydrogens is 426 g/mol. The van der Waals surface area contributed by atoms with Gasteiger partial charge in [0.25, 0.3) is 0 Å². The summed E-state index contributed by atoms with van der Waals surface area (Å²) in [6.07, 6.45) is 2.69. The molecule has 2 heterocycles. The van der Waals surface area contributed by atoms with Crippen LogP contribution < -0.4 is 10.2 Å². The smallest absolute Gasteiger partial charge is 0.307 e. The number of hydrogen-bond acceptors (Lipinski definition) is 5. The minimum absolute atomic E-state index is 0.0700. The van der Waals surface area contributed by atoms with E-state index in [1.165, 1.54) is 0 Å². The van der Waals surface area contributed by atoms with Crippen molar-refractivity contribution in [3.8, 4) is 0 Å². The van der Waals surface area contributed by atoms with Gasteiger partial charge in [-0.2, -0.15) is 0 Å². The summed E-state index contributed by atoms with van der Waals surface area (Å²) >= 11 is 6.24. The number of nitrogens with zero attached hydrogens (tertiary/aromatic N) is 4. The zero-order chi connectivity index (χ0) is 22.7. The lowest BCUT2D eigenvalue weighted by Crippen LogP contribution is -2.30. The Bertz CT molecular complexity index is 1270. The van der Waals surface area contributed by atoms with Gasteiger partial charge in [-0.25, -0.2) is 4.85 Å². The predicted molar refractivity (Wildman–Crippen MR) is 126 cm³/mol. The molecule has 162 valence electrons. The first-order valence-corrected chi connectivity index (χ1v) is 10.6. The van der Waals surface area contributed by atoms with Crippen molar-refractivity contribution in [3.05, 3.63) is 75.6 Å². The highest BCUT2D eigenvalue weighted by Crippen LogP contribution is 2.33. The van der Waals surface area contributed by atoms with Crippen LogP contribution in [0.25, 0.3) is 15.6 Å². The maximum absolute atomic E-state index is 11.0. The van der Waals surface area contributed by atoms with E-state index < -0.39 is 5.97 Å². The van der Waals surface area contributed by atoms with E-state index in [-0.39, 0.29) is 6.42 Å². The molecule has 0 spiro atoms. The fourth-order valence-electron chi connectivity index (χ4n) is 3.75. The van der Waals surface area contributed by atoms with Crippen molar-refractivity contribution in [2.45, 2.75) is 26.3 Å². The molecule has 0 atom stereocenters. The van der Waals surface area contributed by atoms with Gasteiger partial charge in [0.05, 0.1) is 13.0 Å². The first-order chi connectivity index (χ1) is 15.4. The van der Waals surface area contributed by atoms with E-state index in [4.69, 9.17) is 23.3 Å². The standard InChI is InChI=1S/C24H22ClN5O2/c1-15-3-4-17(11-21(15)25)14-27-23-20-13-18(26-2)5-6-19(20)24(29-28-23)30-9-7-16(8-10-30)12-22(31)32/h3-7,11,13H,8-10,12,14H2,1H3,(H,27,28)(H,31,32). The molecule has 0 saturated heterocycles. The summed E-state index contributed by atoms with van der Waals surface area (Å²) in [5.41, 5.74) is 3.50. The monoisotopic (exact) mass is 447 g/mol. The molecule has 0 saturated carbocycles. The Labute approximate surface area is 191 Å². The number of halogens is 1. The van der Waals surface area contributed by atoms with Crippen molar-refractivity contribution >= 4 is 45.7 Å². The van der Waals surface area contributed by atoms with Crippen LogP contribution in [0.3, 0.4) is 0 Å². The normalized spacial score (nSPS) is 13.5. The maximum Gasteiger partial charge on any atom is 0.307 e. The Morgan fingerprint density at radius 2 is 2.09 bits per heavy atom. The maximum atomic E-state index is 11.0. The molecule has 1 aromatic heterocycles. The van der Waals surface area contributed by atoms with E-state index in [0.717, 1.165) is 33.3 Å². The van der Waals surface area contributed by atoms with Gasteiger partial charge >= 0.3 is 5.97 Å². The second-order valence-electron chi connectivity index (χ2n) is 7.78. The third-order valence-electron chi connectivity index (χ3n) is 5.55. The Morgan fingerprint density at radius 1 is 1.25 bits per heavy atom. The molecule has 3 aromatic rings. The first kappa shape index (κ1) is 21.6. The first-order valence-electron chi connectivity index (χ1n) is 10.3. The Morgan fingerprint density at radius 3 is 2.78 bits per heavy atom. The molecule has 8 heteroatoms. The molecular formula is C24H22ClN5O2. The van der Waals surface area contributed by atoms with Crippen LogP contribution in [-0.2, 0) is 11.3 Å². The highest BCUT2D eigenvalue weighted by Gasteiger charge is 2.19. The SMILES string of the molecule is [C-]#[N+]c1ccc2c(N3CC=C(CC(=O)O)CC3)nnc(NCc3ccc(C)c(Cl)c3)c2c1. The summed E-state index contributed by atoms with van der Waals surface area (Å²) in [6.45, 7) is 11.1. The van der Waals surface area contributed by atoms with Gasteiger partial charge in [0, 0.05) is 35.4 Å². The molecule has 1 aliphatic rings. The number of aromatic nitrogens is 2. The molecule has 0 radical (unpaired) electrons. The molecule has 4 rings (SSSR count). The minimum Gasteiger partial charge on any atom is -0.481 e. The van der Waals surface area contributed by atoms with Gasteiger partial charge in [0.1, 0.15) is 0 Å². The van der Waals surface area contributed by atoms with Crippen LogP contribution in [0.4, 0.5) is 17.3 Å². The number of aryl methyl sites for hydroxylation is 1. The summed E-state index contributed by atoms with van der Waals surface area (Å²) in [7, 11) is 0. The number of benzene rings is 2. The quantitative estimate of drug-likeness (QED) is 0.390. The van der Waals surface area contributed by atoms with Crippen LogP contribution in [0.2, 0.25) is 5.02 Å². The Hall–Kier alpha value is -3.63. The van der Waals surface area contributed by atoms with Gasteiger partial charge in [-0.3, -0.25) is 4.79 Å². The van der Waals surface area contributed by atoms with E-state index in [1.54, 1.807) is 6.07 Å². The second-order valence-corrected chi connectivity index (χ2v) is 8.19. The lowest BCUT2D eigenvalue weighted by atomic mass is 10.0. The van der Waals surface area contributed by atoms with Gasteiger partial charge in [-0.15, -0.1) is 10.2 Å². The van der Waals surface area contributed by atoms with Crippen molar-refractivity contribution in [2.75, 3.05) is 23.3 Å². The van der Waals surface area contributed by atoms with Crippen molar-refractivity contribution < 1.29 is 9.90 Å². The van der Waals surface area contributed by atoms with Gasteiger partial charge in [0.2, 0.25) is 0 Å². The largest absolute Gasteiger partial charge is 0.481 e. The number of carboxylic acid groups (broad SMARTS) is 1. The number of fused-ring (bicyclic) bond motifs is 1. The Balaban J connectivity index is 1.64. The molecule has 0 amide bonds. The predicted octanol–water partition coefficient (Wildman–Crippen LogP) is 5.37. The minimum atomic E-state index is -0.813. The molecule has 0 unspecified atom stereocenters. The van der Waals surface area contributed by atoms with E-state index in [2.05, 4.69) is 25.3 Å². The molecule has 7 nitrogen and oxygen atoms in total. The number of hydrogen-bond donors (Lipinski definition) is 2. The molecule has 0 fully saturated rings. The van der Waals surface area contributed by atoms with Gasteiger partial charge in [-0.05, 0) is 36.6 Å². The Kier molecular flexibility index (Phi) is 6.24. The number of anilines is 2. The molecule has 0 aliphatic carbocycles. The van der Waals surface area contributed by atoms with E-state index >= 15 is 0 Å². The van der Waals surface area contributed by atoms with E-state index in [0.29, 0.717) is 42.6 Å². The van der Waals surface area contributed by atoms with Crippen LogP contribution in [0.15, 0.2) is 48.0 Å². The summed E-state index contributed by atoms with van der Waals surface area (Å²) in [4.78, 5) is 16.6. The van der Waals surface area contributed by atoms with E-state index in [1.807, 2.05) is 43.3 Å². The average Bonchev–Trinajstić information content (AvgIpc) is 2.79. The summed E-state index contributed by atoms with van der Waals surface area (Å²) in [5, 5.41) is 23.7. The van der Waals surface area contributed by atoms with Crippen LogP contribution in [0.1, 0.15) is 24.0 Å². The zero-order valence-electron chi connectivity index (χ0n) is 17.6. The summed E-state index contributed by atoms with van der Waals surface area (Å²) in [5.74, 6) is 0.517. The highest BCUT2D eigenvalue weighted by atomic mass is 35.5. The van der Waals surface area contributed by atoms with Crippen LogP contribution in [0.5, 0.6) is 0 Å². The fraction of sp³-hybridized carbons (Fsp3) is 0.250. The van der Waals surface area contributed by atoms with Crippen LogP contribution >= 0.6 is 11.6 Å². The molecule has 2 aromatic carbocycles. The topological polar surface area (TPSA) is 82.7 Å². The zero-order valence-corrected chi connectivity index (χ0v) is 18.4. The van der Waals surface area contributed by atoms with Crippen LogP contribution in [-0.4, -0.2) is 34.4 Å². The molecule has 1 aliphatic heterocycles. The van der Waals surface area contributed by atoms with Crippen LogP contribution in [0, 0.1) is 13.5 Å². The third kappa shape index (κ3) is 4.66. The van der Waals surface area contributed by atoms with Crippen molar-refractivity contribution in [1.29, 1.82) is 0 Å². The highest BCUT2D eigenvalue weighted by molar-refractivity contribution is 6.31. The molecule has 32 heavy (non-hydrogen) atoms. The number of carbonyl (C=O) groups is 1. The number of rotatable bonds is 6. The van der Waals surface area contributed by atoms with Crippen molar-refractivity contribution in [3.63, 3.8) is 0 Å². The molecule has 0 bridgehead atoms. The summed E-state index contributed by atoms with van der Waals surface area (Å²) in [6, 6.07) is 11.4. The summed E-state index contributed by atoms with van der Waals surface area (Å²) < 4.78 is 0. The lowest BCUT2D eigenvalue weighted by Gasteiger charge is -2.28. The van der Waals surface area contributed by atoms with Crippen molar-refractivity contribution in [2.24, 2.45) is 0 Å². The third-order valence-corrected chi connectivity index (χ3v) is 5.96. The van der Waals surface area contributed by atoms with Gasteiger partial charge in [0.15, 0.2) is 17.3 Å². The fourth-order valence-corrected chi connectivity index (χ4v) is 3.96. The van der Waals surface area contributed by atoms with Gasteiger partial charge < -0.3 is 15.3 Å². The lowest BCUT2D eigenvalue weighted by molar-refractivity contribution is -0.136. The van der Waals surface area contributed by atoms with Crippen molar-refractivity contribution in [1.82, 2.24) is 10.2 Å². The van der Waals surface area contributed by atoms with Gasteiger partial charge in [-0.1, -0.05) is 47.5 Å². The average molecular weight is 448 g/mol. The molecule has 2 N–H and O–H groups in total. The number of carboxylic acids is 1. The van der Waals surface area contributed by atoms with E-state index in [9.17, 15) is 4.79 Å². The number of aliphatic carboxylic acids is 1. The second kappa shape index (κ2) is 9.25.